The van der Waals surface area contributed by atoms with E-state index in [1.165, 1.54) is 0 Å². The van der Waals surface area contributed by atoms with Gasteiger partial charge in [0.15, 0.2) is 0 Å². The number of fused-ring (bicyclic) bond motifs is 5. The lowest BCUT2D eigenvalue weighted by atomic mass is 10.2. The number of nitrogens with one attached hydrogen (secondary N) is 1. The van der Waals surface area contributed by atoms with Crippen LogP contribution >= 0.6 is 0 Å². The van der Waals surface area contributed by atoms with E-state index in [1.54, 1.807) is 10.7 Å². The van der Waals surface area contributed by atoms with Crippen molar-refractivity contribution in [3.63, 3.8) is 0 Å². The zero-order valence-corrected chi connectivity index (χ0v) is 8.12. The summed E-state index contributed by atoms with van der Waals surface area (Å²) in [4.78, 5) is 3.29. The molecule has 0 fully saturated rings. The normalized spacial score (nSPS) is 11.8. The Morgan fingerprint density at radius 1 is 1.06 bits per heavy atom. The molecule has 6 nitrogen and oxygen atoms in total. The van der Waals surface area contributed by atoms with E-state index >= 15 is 0 Å². The largest absolute Gasteiger partial charge is 0.339 e. The molecule has 4 rings (SSSR count). The number of nitrogens with zero attached hydrogens (tertiary/aromatic N) is 5. The number of hydrogen-bond acceptors (Lipinski definition) is 4. The number of hydrogen-bond donors (Lipinski definition) is 1. The predicted molar refractivity (Wildman–Crippen MR) is 57.9 cm³/mol. The molecule has 0 bridgehead atoms. The number of rotatable bonds is 0. The molecule has 16 heavy (non-hydrogen) atoms. The molecule has 0 aliphatic rings. The Bertz CT molecular complexity index is 812. The van der Waals surface area contributed by atoms with Gasteiger partial charge in [-0.2, -0.15) is 0 Å². The maximum absolute atomic E-state index is 4.17. The molecule has 0 radical (unpaired) electrons. The predicted octanol–water partition coefficient (Wildman–Crippen LogP) is 1.15. The van der Waals surface area contributed by atoms with Crippen molar-refractivity contribution in [3.05, 3.63) is 30.6 Å². The molecule has 0 unspecified atom stereocenters. The SMILES string of the molecule is c1ccc2c(c1)[nH]c1c2nnc2nncn21. The van der Waals surface area contributed by atoms with Gasteiger partial charge in [-0.15, -0.1) is 20.4 Å². The first-order valence-corrected chi connectivity index (χ1v) is 4.86. The van der Waals surface area contributed by atoms with E-state index in [-0.39, 0.29) is 0 Å². The summed E-state index contributed by atoms with van der Waals surface area (Å²) in [7, 11) is 0. The van der Waals surface area contributed by atoms with Crippen LogP contribution in [0.3, 0.4) is 0 Å². The Morgan fingerprint density at radius 2 is 2.00 bits per heavy atom. The third-order valence-electron chi connectivity index (χ3n) is 2.67. The van der Waals surface area contributed by atoms with Crippen molar-refractivity contribution >= 4 is 27.8 Å². The second-order valence-corrected chi connectivity index (χ2v) is 3.57. The first-order valence-electron chi connectivity index (χ1n) is 4.86. The number of H-pyrrole nitrogens is 1. The summed E-state index contributed by atoms with van der Waals surface area (Å²) in [6.07, 6.45) is 1.63. The fourth-order valence-corrected chi connectivity index (χ4v) is 1.94. The highest BCUT2D eigenvalue weighted by atomic mass is 15.3. The van der Waals surface area contributed by atoms with Gasteiger partial charge >= 0.3 is 0 Å². The van der Waals surface area contributed by atoms with Gasteiger partial charge in [-0.25, -0.2) is 4.40 Å². The lowest BCUT2D eigenvalue weighted by Crippen LogP contribution is -1.92. The second kappa shape index (κ2) is 2.54. The number of aromatic amines is 1. The van der Waals surface area contributed by atoms with E-state index in [9.17, 15) is 0 Å². The maximum atomic E-state index is 4.17. The van der Waals surface area contributed by atoms with Gasteiger partial charge in [0.2, 0.25) is 0 Å². The topological polar surface area (TPSA) is 71.8 Å². The quantitative estimate of drug-likeness (QED) is 0.472. The molecular formula is C10H6N6. The summed E-state index contributed by atoms with van der Waals surface area (Å²) in [5.74, 6) is 0.499. The minimum atomic E-state index is 0.499. The van der Waals surface area contributed by atoms with E-state index in [4.69, 9.17) is 0 Å². The first kappa shape index (κ1) is 7.75. The zero-order chi connectivity index (χ0) is 10.5. The van der Waals surface area contributed by atoms with Gasteiger partial charge in [-0.3, -0.25) is 0 Å². The highest BCUT2D eigenvalue weighted by molar-refractivity contribution is 6.03. The van der Waals surface area contributed by atoms with Crippen LogP contribution in [-0.4, -0.2) is 29.8 Å². The summed E-state index contributed by atoms with van der Waals surface area (Å²) >= 11 is 0. The van der Waals surface area contributed by atoms with Gasteiger partial charge in [0.1, 0.15) is 17.5 Å². The summed E-state index contributed by atoms with van der Waals surface area (Å²) in [5.41, 5.74) is 2.74. The maximum Gasteiger partial charge on any atom is 0.275 e. The fourth-order valence-electron chi connectivity index (χ4n) is 1.94. The Balaban J connectivity index is 2.38. The molecule has 0 aliphatic heterocycles. The van der Waals surface area contributed by atoms with Crippen molar-refractivity contribution in [3.8, 4) is 0 Å². The monoisotopic (exact) mass is 210 g/mol. The van der Waals surface area contributed by atoms with Crippen molar-refractivity contribution in [2.45, 2.75) is 0 Å². The molecule has 0 saturated carbocycles. The minimum Gasteiger partial charge on any atom is -0.339 e. The van der Waals surface area contributed by atoms with Crippen molar-refractivity contribution in [2.24, 2.45) is 0 Å². The smallest absolute Gasteiger partial charge is 0.275 e. The van der Waals surface area contributed by atoms with Gasteiger partial charge in [-0.1, -0.05) is 18.2 Å². The van der Waals surface area contributed by atoms with E-state index in [0.717, 1.165) is 22.1 Å². The lowest BCUT2D eigenvalue weighted by Gasteiger charge is -1.91. The average Bonchev–Trinajstić information content (AvgIpc) is 2.92. The highest BCUT2D eigenvalue weighted by Gasteiger charge is 2.09. The molecule has 0 saturated heterocycles. The van der Waals surface area contributed by atoms with Crippen LogP contribution < -0.4 is 0 Å². The standard InChI is InChI=1S/C10H6N6/c1-2-4-7-6(3-1)8-9(12-7)16-5-11-14-10(16)15-13-8/h1-5,12H. The van der Waals surface area contributed by atoms with Gasteiger partial charge in [-0.05, 0) is 6.07 Å². The lowest BCUT2D eigenvalue weighted by molar-refractivity contribution is 1.01. The number of para-hydroxylation sites is 1. The number of benzene rings is 1. The van der Waals surface area contributed by atoms with Crippen molar-refractivity contribution < 1.29 is 0 Å². The molecule has 4 aromatic rings. The van der Waals surface area contributed by atoms with Gasteiger partial charge in [0.25, 0.3) is 5.78 Å². The average molecular weight is 210 g/mol. The second-order valence-electron chi connectivity index (χ2n) is 3.57. The van der Waals surface area contributed by atoms with E-state index in [1.807, 2.05) is 24.3 Å². The molecule has 1 N–H and O–H groups in total. The van der Waals surface area contributed by atoms with Crippen LogP contribution in [0.1, 0.15) is 0 Å². The molecule has 3 aromatic heterocycles. The molecule has 3 heterocycles. The van der Waals surface area contributed by atoms with E-state index in [2.05, 4.69) is 25.4 Å². The zero-order valence-electron chi connectivity index (χ0n) is 8.12. The minimum absolute atomic E-state index is 0.499. The van der Waals surface area contributed by atoms with Gasteiger partial charge in [0.05, 0.1) is 0 Å². The third kappa shape index (κ3) is 0.813. The Hall–Kier alpha value is -2.50. The summed E-state index contributed by atoms with van der Waals surface area (Å²) in [5, 5.41) is 16.9. The van der Waals surface area contributed by atoms with Crippen LogP contribution in [0.4, 0.5) is 0 Å². The van der Waals surface area contributed by atoms with Crippen molar-refractivity contribution in [1.82, 2.24) is 29.8 Å². The van der Waals surface area contributed by atoms with Crippen LogP contribution in [0, 0.1) is 0 Å². The molecule has 76 valence electrons. The Morgan fingerprint density at radius 3 is 3.00 bits per heavy atom. The van der Waals surface area contributed by atoms with Crippen LogP contribution in [-0.2, 0) is 0 Å². The van der Waals surface area contributed by atoms with Crippen LogP contribution in [0.15, 0.2) is 30.6 Å². The van der Waals surface area contributed by atoms with Crippen LogP contribution in [0.5, 0.6) is 0 Å². The summed E-state index contributed by atoms with van der Waals surface area (Å²) in [6.45, 7) is 0. The highest BCUT2D eigenvalue weighted by Crippen LogP contribution is 2.22. The Kier molecular flexibility index (Phi) is 1.23. The van der Waals surface area contributed by atoms with E-state index in [0.29, 0.717) is 5.78 Å². The molecule has 0 atom stereocenters. The Labute approximate surface area is 88.9 Å². The van der Waals surface area contributed by atoms with Crippen LogP contribution in [0.2, 0.25) is 0 Å². The molecule has 0 amide bonds. The first-order chi connectivity index (χ1) is 7.93. The molecule has 0 aliphatic carbocycles. The molecule has 1 aromatic carbocycles. The van der Waals surface area contributed by atoms with Crippen molar-refractivity contribution in [1.29, 1.82) is 0 Å². The third-order valence-corrected chi connectivity index (χ3v) is 2.67. The number of aromatic nitrogens is 6. The van der Waals surface area contributed by atoms with E-state index < -0.39 is 0 Å². The molecule has 0 spiro atoms. The van der Waals surface area contributed by atoms with Crippen molar-refractivity contribution in [2.75, 3.05) is 0 Å². The van der Waals surface area contributed by atoms with Gasteiger partial charge in [0, 0.05) is 10.9 Å². The fraction of sp³-hybridized carbons (Fsp3) is 0. The molecular weight excluding hydrogens is 204 g/mol. The molecule has 6 heteroatoms. The summed E-state index contributed by atoms with van der Waals surface area (Å²) in [6, 6.07) is 7.98. The summed E-state index contributed by atoms with van der Waals surface area (Å²) < 4.78 is 1.79. The van der Waals surface area contributed by atoms with Crippen LogP contribution in [0.25, 0.3) is 27.8 Å². The van der Waals surface area contributed by atoms with Gasteiger partial charge < -0.3 is 4.98 Å².